The van der Waals surface area contributed by atoms with Gasteiger partial charge in [0.2, 0.25) is 5.91 Å². The maximum atomic E-state index is 12.2. The van der Waals surface area contributed by atoms with Crippen LogP contribution in [-0.2, 0) is 9.53 Å². The molecule has 11 nitrogen and oxygen atoms in total. The molecular formula is C17H20N4O7. The summed E-state index contributed by atoms with van der Waals surface area (Å²) in [4.78, 5) is 47.1. The fraction of sp³-hybridized carbons (Fsp3) is 0.529. The molecule has 150 valence electrons. The van der Waals surface area contributed by atoms with Gasteiger partial charge in [-0.25, -0.2) is 4.79 Å². The Hall–Kier alpha value is -3.24. The molecule has 0 atom stereocenters. The van der Waals surface area contributed by atoms with Gasteiger partial charge in [-0.05, 0) is 25.7 Å². The van der Waals surface area contributed by atoms with Gasteiger partial charge in [-0.3, -0.25) is 25.0 Å². The molecule has 0 unspecified atom stereocenters. The lowest BCUT2D eigenvalue weighted by Gasteiger charge is -2.33. The first-order valence-electron chi connectivity index (χ1n) is 8.92. The Morgan fingerprint density at radius 1 is 1.11 bits per heavy atom. The van der Waals surface area contributed by atoms with Crippen molar-refractivity contribution in [3.05, 3.63) is 37.9 Å². The first-order chi connectivity index (χ1) is 13.3. The average molecular weight is 392 g/mol. The third kappa shape index (κ3) is 4.02. The number of ether oxygens (including phenoxy) is 1. The molecule has 2 fully saturated rings. The molecule has 11 heteroatoms. The van der Waals surface area contributed by atoms with Crippen LogP contribution in [0, 0.1) is 26.1 Å². The third-order valence-corrected chi connectivity index (χ3v) is 4.99. The number of nitro groups is 2. The molecule has 1 aromatic rings. The molecule has 3 rings (SSSR count). The summed E-state index contributed by atoms with van der Waals surface area (Å²) in [5, 5.41) is 25.6. The minimum atomic E-state index is -0.893. The number of hydrogen-bond acceptors (Lipinski definition) is 8. The second-order valence-corrected chi connectivity index (χ2v) is 6.91. The zero-order valence-electron chi connectivity index (χ0n) is 15.3. The first-order valence-corrected chi connectivity index (χ1v) is 8.92. The number of nitro benzene ring substituents is 2. The van der Waals surface area contributed by atoms with Crippen molar-refractivity contribution in [2.24, 2.45) is 5.92 Å². The van der Waals surface area contributed by atoms with Crippen molar-refractivity contribution in [1.29, 1.82) is 0 Å². The van der Waals surface area contributed by atoms with Crippen LogP contribution in [0.25, 0.3) is 0 Å². The van der Waals surface area contributed by atoms with E-state index in [1.165, 1.54) is 0 Å². The smallest absolute Gasteiger partial charge is 0.340 e. The van der Waals surface area contributed by atoms with Crippen LogP contribution in [0.4, 0.5) is 17.1 Å². The highest BCUT2D eigenvalue weighted by Gasteiger charge is 2.35. The lowest BCUT2D eigenvalue weighted by atomic mass is 9.94. The van der Waals surface area contributed by atoms with E-state index >= 15 is 0 Å². The standard InChI is InChI=1S/C17H20N4O7/c1-28-17(23)13-8-12(20(24)25)9-14(21(26)27)15(13)19-6-4-10(5-7-19)16(22)18-11-2-3-11/h8-11H,2-7H2,1H3,(H,18,22). The minimum absolute atomic E-state index is 0.0106. The van der Waals surface area contributed by atoms with E-state index in [1.54, 1.807) is 4.90 Å². The molecule has 0 spiro atoms. The number of benzene rings is 1. The van der Waals surface area contributed by atoms with Crippen molar-refractivity contribution in [3.63, 3.8) is 0 Å². The Balaban J connectivity index is 1.89. The second kappa shape index (κ2) is 7.79. The van der Waals surface area contributed by atoms with Crippen molar-refractivity contribution in [3.8, 4) is 0 Å². The number of hydrogen-bond donors (Lipinski definition) is 1. The van der Waals surface area contributed by atoms with Crippen LogP contribution in [0.3, 0.4) is 0 Å². The van der Waals surface area contributed by atoms with Crippen LogP contribution >= 0.6 is 0 Å². The maximum Gasteiger partial charge on any atom is 0.340 e. The summed E-state index contributed by atoms with van der Waals surface area (Å²) >= 11 is 0. The number of nitrogens with one attached hydrogen (secondary N) is 1. The highest BCUT2D eigenvalue weighted by molar-refractivity contribution is 5.99. The van der Waals surface area contributed by atoms with Crippen LogP contribution in [0.15, 0.2) is 12.1 Å². The first kappa shape index (κ1) is 19.5. The lowest BCUT2D eigenvalue weighted by Crippen LogP contribution is -2.41. The summed E-state index contributed by atoms with van der Waals surface area (Å²) in [7, 11) is 1.10. The lowest BCUT2D eigenvalue weighted by molar-refractivity contribution is -0.393. The van der Waals surface area contributed by atoms with Crippen LogP contribution in [0.5, 0.6) is 0 Å². The second-order valence-electron chi connectivity index (χ2n) is 6.91. The van der Waals surface area contributed by atoms with Gasteiger partial charge in [-0.15, -0.1) is 0 Å². The zero-order valence-corrected chi connectivity index (χ0v) is 15.3. The van der Waals surface area contributed by atoms with E-state index in [9.17, 15) is 29.8 Å². The monoisotopic (exact) mass is 392 g/mol. The predicted molar refractivity (Wildman–Crippen MR) is 97.2 cm³/mol. The molecule has 28 heavy (non-hydrogen) atoms. The fourth-order valence-corrected chi connectivity index (χ4v) is 3.36. The molecule has 2 aliphatic rings. The fourth-order valence-electron chi connectivity index (χ4n) is 3.36. The molecule has 0 radical (unpaired) electrons. The molecular weight excluding hydrogens is 372 g/mol. The highest BCUT2D eigenvalue weighted by atomic mass is 16.6. The summed E-state index contributed by atoms with van der Waals surface area (Å²) < 4.78 is 4.67. The molecule has 1 amide bonds. The van der Waals surface area contributed by atoms with Crippen LogP contribution in [0.2, 0.25) is 0 Å². The van der Waals surface area contributed by atoms with Crippen LogP contribution in [-0.4, -0.2) is 48.0 Å². The molecule has 1 aromatic carbocycles. The van der Waals surface area contributed by atoms with E-state index in [1.807, 2.05) is 0 Å². The van der Waals surface area contributed by atoms with Crippen LogP contribution in [0.1, 0.15) is 36.0 Å². The van der Waals surface area contributed by atoms with Gasteiger partial charge in [-0.2, -0.15) is 0 Å². The maximum absolute atomic E-state index is 12.2. The van der Waals surface area contributed by atoms with Gasteiger partial charge in [0.1, 0.15) is 5.69 Å². The van der Waals surface area contributed by atoms with E-state index in [0.717, 1.165) is 32.1 Å². The van der Waals surface area contributed by atoms with Gasteiger partial charge in [0.05, 0.1) is 28.6 Å². The number of non-ortho nitro benzene ring substituents is 1. The normalized spacial score (nSPS) is 17.1. The molecule has 1 heterocycles. The molecule has 0 bridgehead atoms. The van der Waals surface area contributed by atoms with Gasteiger partial charge < -0.3 is 15.0 Å². The number of methoxy groups -OCH3 is 1. The van der Waals surface area contributed by atoms with E-state index in [2.05, 4.69) is 10.1 Å². The SMILES string of the molecule is COC(=O)c1cc([N+](=O)[O-])cc([N+](=O)[O-])c1N1CCC(C(=O)NC2CC2)CC1. The molecule has 1 saturated heterocycles. The average Bonchev–Trinajstić information content (AvgIpc) is 3.50. The highest BCUT2D eigenvalue weighted by Crippen LogP contribution is 2.38. The Labute approximate surface area is 159 Å². The summed E-state index contributed by atoms with van der Waals surface area (Å²) in [5.41, 5.74) is -1.34. The molecule has 1 aliphatic heterocycles. The summed E-state index contributed by atoms with van der Waals surface area (Å²) in [5.74, 6) is -1.11. The van der Waals surface area contributed by atoms with Gasteiger partial charge >= 0.3 is 5.97 Å². The number of amides is 1. The van der Waals surface area contributed by atoms with E-state index in [-0.39, 0.29) is 29.1 Å². The molecule has 0 aromatic heterocycles. The molecule has 1 aliphatic carbocycles. The number of anilines is 1. The Morgan fingerprint density at radius 2 is 1.75 bits per heavy atom. The van der Waals surface area contributed by atoms with E-state index in [0.29, 0.717) is 25.9 Å². The Kier molecular flexibility index (Phi) is 5.43. The van der Waals surface area contributed by atoms with Crippen molar-refractivity contribution in [2.45, 2.75) is 31.7 Å². The largest absolute Gasteiger partial charge is 0.465 e. The van der Waals surface area contributed by atoms with Gasteiger partial charge in [-0.1, -0.05) is 0 Å². The number of piperidine rings is 1. The van der Waals surface area contributed by atoms with Crippen molar-refractivity contribution in [1.82, 2.24) is 5.32 Å². The zero-order chi connectivity index (χ0) is 20.4. The number of rotatable bonds is 6. The van der Waals surface area contributed by atoms with Crippen molar-refractivity contribution < 1.29 is 24.2 Å². The topological polar surface area (TPSA) is 145 Å². The number of carbonyl (C=O) groups is 2. The third-order valence-electron chi connectivity index (χ3n) is 4.99. The predicted octanol–water partition coefficient (Wildman–Crippen LogP) is 1.78. The number of carbonyl (C=O) groups excluding carboxylic acids is 2. The molecule has 1 N–H and O–H groups in total. The van der Waals surface area contributed by atoms with Crippen molar-refractivity contribution >= 4 is 28.9 Å². The summed E-state index contributed by atoms with van der Waals surface area (Å²) in [6, 6.07) is 2.08. The Morgan fingerprint density at radius 3 is 2.25 bits per heavy atom. The van der Waals surface area contributed by atoms with Crippen molar-refractivity contribution in [2.75, 3.05) is 25.1 Å². The minimum Gasteiger partial charge on any atom is -0.465 e. The van der Waals surface area contributed by atoms with E-state index in [4.69, 9.17) is 0 Å². The summed E-state index contributed by atoms with van der Waals surface area (Å²) in [6.45, 7) is 0.622. The van der Waals surface area contributed by atoms with Gasteiger partial charge in [0.15, 0.2) is 0 Å². The number of esters is 1. The van der Waals surface area contributed by atoms with Gasteiger partial charge in [0.25, 0.3) is 11.4 Å². The van der Waals surface area contributed by atoms with Gasteiger partial charge in [0, 0.05) is 31.1 Å². The summed E-state index contributed by atoms with van der Waals surface area (Å²) in [6.07, 6.45) is 2.91. The van der Waals surface area contributed by atoms with Crippen LogP contribution < -0.4 is 10.2 Å². The number of nitrogens with zero attached hydrogens (tertiary/aromatic N) is 3. The molecule has 1 saturated carbocycles. The Bertz CT molecular complexity index is 829. The van der Waals surface area contributed by atoms with E-state index < -0.39 is 27.2 Å². The quantitative estimate of drug-likeness (QED) is 0.438.